The van der Waals surface area contributed by atoms with Crippen molar-refractivity contribution in [1.82, 2.24) is 0 Å². The third-order valence-electron chi connectivity index (χ3n) is 2.81. The highest BCUT2D eigenvalue weighted by atomic mass is 35.5. The number of hydrogen-bond acceptors (Lipinski definition) is 2. The molecule has 0 bridgehead atoms. The lowest BCUT2D eigenvalue weighted by molar-refractivity contribution is 0.0993. The minimum Gasteiger partial charge on any atom is -0.398 e. The Bertz CT molecular complexity index is 576. The van der Waals surface area contributed by atoms with E-state index in [0.717, 1.165) is 5.56 Å². The molecule has 18 heavy (non-hydrogen) atoms. The van der Waals surface area contributed by atoms with Gasteiger partial charge in [0.1, 0.15) is 0 Å². The Kier molecular flexibility index (Phi) is 3.68. The monoisotopic (exact) mass is 259 g/mol. The largest absolute Gasteiger partial charge is 0.398 e. The summed E-state index contributed by atoms with van der Waals surface area (Å²) >= 11 is 5.90. The summed E-state index contributed by atoms with van der Waals surface area (Å²) in [5, 5.41) is 0.421. The maximum Gasteiger partial charge on any atom is 0.167 e. The molecule has 0 fully saturated rings. The predicted molar refractivity (Wildman–Crippen MR) is 75.1 cm³/mol. The zero-order valence-corrected chi connectivity index (χ0v) is 10.9. The second-order valence-corrected chi connectivity index (χ2v) is 4.73. The van der Waals surface area contributed by atoms with Gasteiger partial charge in [0.2, 0.25) is 0 Å². The van der Waals surface area contributed by atoms with E-state index in [2.05, 4.69) is 0 Å². The number of nitrogens with two attached hydrogens (primary N) is 1. The van der Waals surface area contributed by atoms with Gasteiger partial charge in [-0.15, -0.1) is 0 Å². The summed E-state index contributed by atoms with van der Waals surface area (Å²) in [6, 6.07) is 12.9. The average Bonchev–Trinajstić information content (AvgIpc) is 2.35. The molecule has 2 nitrogen and oxygen atoms in total. The number of ketones is 1. The molecular weight excluding hydrogens is 246 g/mol. The normalized spacial score (nSPS) is 10.3. The first-order chi connectivity index (χ1) is 8.56. The summed E-state index contributed by atoms with van der Waals surface area (Å²) in [5.74, 6) is 0.0424. The zero-order valence-electron chi connectivity index (χ0n) is 10.1. The van der Waals surface area contributed by atoms with Crippen molar-refractivity contribution in [2.24, 2.45) is 0 Å². The number of rotatable bonds is 3. The number of aryl methyl sites for hydroxylation is 1. The Morgan fingerprint density at radius 3 is 2.44 bits per heavy atom. The Morgan fingerprint density at radius 2 is 1.83 bits per heavy atom. The smallest absolute Gasteiger partial charge is 0.167 e. The van der Waals surface area contributed by atoms with Crippen LogP contribution in [-0.2, 0) is 6.42 Å². The van der Waals surface area contributed by atoms with E-state index < -0.39 is 0 Å². The van der Waals surface area contributed by atoms with E-state index in [0.29, 0.717) is 22.7 Å². The molecule has 2 aromatic carbocycles. The van der Waals surface area contributed by atoms with Crippen LogP contribution >= 0.6 is 11.6 Å². The molecule has 0 spiro atoms. The number of anilines is 1. The van der Waals surface area contributed by atoms with E-state index in [1.807, 2.05) is 31.2 Å². The standard InChI is InChI=1S/C15H14ClNO/c1-10-2-4-11(5-3-10)8-15(18)12-6-7-14(17)13(16)9-12/h2-7,9H,8,17H2,1H3. The fraction of sp³-hybridized carbons (Fsp3) is 0.133. The van der Waals surface area contributed by atoms with E-state index >= 15 is 0 Å². The van der Waals surface area contributed by atoms with Gasteiger partial charge in [0.25, 0.3) is 0 Å². The van der Waals surface area contributed by atoms with Crippen LogP contribution in [0.25, 0.3) is 0 Å². The molecule has 0 unspecified atom stereocenters. The first-order valence-electron chi connectivity index (χ1n) is 5.70. The van der Waals surface area contributed by atoms with Crippen LogP contribution in [0.5, 0.6) is 0 Å². The maximum absolute atomic E-state index is 12.1. The number of carbonyl (C=O) groups is 1. The molecule has 2 N–H and O–H groups in total. The van der Waals surface area contributed by atoms with E-state index in [-0.39, 0.29) is 5.78 Å². The van der Waals surface area contributed by atoms with Crippen molar-refractivity contribution in [3.63, 3.8) is 0 Å². The SMILES string of the molecule is Cc1ccc(CC(=O)c2ccc(N)c(Cl)c2)cc1. The van der Waals surface area contributed by atoms with Gasteiger partial charge in [-0.1, -0.05) is 41.4 Å². The highest BCUT2D eigenvalue weighted by Gasteiger charge is 2.08. The second kappa shape index (κ2) is 5.23. The lowest BCUT2D eigenvalue weighted by atomic mass is 10.0. The fourth-order valence-corrected chi connectivity index (χ4v) is 1.87. The van der Waals surface area contributed by atoms with Gasteiger partial charge in [-0.2, -0.15) is 0 Å². The van der Waals surface area contributed by atoms with Gasteiger partial charge in [0, 0.05) is 12.0 Å². The van der Waals surface area contributed by atoms with Gasteiger partial charge in [0.05, 0.1) is 10.7 Å². The summed E-state index contributed by atoms with van der Waals surface area (Å²) in [4.78, 5) is 12.1. The molecule has 0 radical (unpaired) electrons. The second-order valence-electron chi connectivity index (χ2n) is 4.32. The summed E-state index contributed by atoms with van der Waals surface area (Å²) in [5.41, 5.74) is 8.88. The summed E-state index contributed by atoms with van der Waals surface area (Å²) < 4.78 is 0. The van der Waals surface area contributed by atoms with Crippen molar-refractivity contribution in [3.05, 3.63) is 64.2 Å². The van der Waals surface area contributed by atoms with Gasteiger partial charge < -0.3 is 5.73 Å². The summed E-state index contributed by atoms with van der Waals surface area (Å²) in [6.45, 7) is 2.02. The molecule has 0 aromatic heterocycles. The molecule has 2 aromatic rings. The minimum atomic E-state index is 0.0424. The number of carbonyl (C=O) groups excluding carboxylic acids is 1. The maximum atomic E-state index is 12.1. The van der Waals surface area contributed by atoms with Gasteiger partial charge in [0.15, 0.2) is 5.78 Å². The molecule has 3 heteroatoms. The quantitative estimate of drug-likeness (QED) is 0.675. The van der Waals surface area contributed by atoms with E-state index in [4.69, 9.17) is 17.3 Å². The van der Waals surface area contributed by atoms with Crippen LogP contribution in [0.3, 0.4) is 0 Å². The molecule has 92 valence electrons. The Labute approximate surface area is 111 Å². The number of nitrogen functional groups attached to an aromatic ring is 1. The number of benzene rings is 2. The van der Waals surface area contributed by atoms with Crippen molar-refractivity contribution < 1.29 is 4.79 Å². The van der Waals surface area contributed by atoms with E-state index in [9.17, 15) is 4.79 Å². The average molecular weight is 260 g/mol. The molecule has 0 saturated carbocycles. The lowest BCUT2D eigenvalue weighted by Crippen LogP contribution is -2.04. The Balaban J connectivity index is 2.16. The first-order valence-corrected chi connectivity index (χ1v) is 6.08. The summed E-state index contributed by atoms with van der Waals surface area (Å²) in [6.07, 6.45) is 0.376. The molecule has 0 saturated heterocycles. The van der Waals surface area contributed by atoms with Crippen LogP contribution in [0.1, 0.15) is 21.5 Å². The van der Waals surface area contributed by atoms with Gasteiger partial charge in [-0.25, -0.2) is 0 Å². The summed E-state index contributed by atoms with van der Waals surface area (Å²) in [7, 11) is 0. The predicted octanol–water partition coefficient (Wildman–Crippen LogP) is 3.66. The van der Waals surface area contributed by atoms with Crippen molar-refractivity contribution in [1.29, 1.82) is 0 Å². The number of halogens is 1. The van der Waals surface area contributed by atoms with Crippen LogP contribution in [0.15, 0.2) is 42.5 Å². The van der Waals surface area contributed by atoms with Crippen molar-refractivity contribution >= 4 is 23.1 Å². The topological polar surface area (TPSA) is 43.1 Å². The Hall–Kier alpha value is -1.80. The highest BCUT2D eigenvalue weighted by Crippen LogP contribution is 2.20. The van der Waals surface area contributed by atoms with Crippen LogP contribution in [0.4, 0.5) is 5.69 Å². The molecule has 2 rings (SSSR count). The third-order valence-corrected chi connectivity index (χ3v) is 3.14. The van der Waals surface area contributed by atoms with Crippen LogP contribution in [0, 0.1) is 6.92 Å². The molecule has 0 aliphatic heterocycles. The van der Waals surface area contributed by atoms with Gasteiger partial charge in [-0.3, -0.25) is 4.79 Å². The van der Waals surface area contributed by atoms with E-state index in [1.165, 1.54) is 5.56 Å². The number of hydrogen-bond donors (Lipinski definition) is 1. The zero-order chi connectivity index (χ0) is 13.1. The fourth-order valence-electron chi connectivity index (χ4n) is 1.69. The van der Waals surface area contributed by atoms with E-state index in [1.54, 1.807) is 18.2 Å². The van der Waals surface area contributed by atoms with Crippen LogP contribution in [0.2, 0.25) is 5.02 Å². The lowest BCUT2D eigenvalue weighted by Gasteiger charge is -2.04. The minimum absolute atomic E-state index is 0.0424. The number of Topliss-reactive ketones (excluding diaryl/α,β-unsaturated/α-hetero) is 1. The highest BCUT2D eigenvalue weighted by molar-refractivity contribution is 6.33. The van der Waals surface area contributed by atoms with Crippen LogP contribution in [-0.4, -0.2) is 5.78 Å². The van der Waals surface area contributed by atoms with Crippen LogP contribution < -0.4 is 5.73 Å². The van der Waals surface area contributed by atoms with Crippen molar-refractivity contribution in [2.45, 2.75) is 13.3 Å². The molecule has 0 aliphatic rings. The third kappa shape index (κ3) is 2.90. The first kappa shape index (κ1) is 12.7. The molecule has 0 amide bonds. The molecule has 0 aliphatic carbocycles. The van der Waals surface area contributed by atoms with Gasteiger partial charge in [-0.05, 0) is 30.7 Å². The molecule has 0 heterocycles. The van der Waals surface area contributed by atoms with Gasteiger partial charge >= 0.3 is 0 Å². The molecular formula is C15H14ClNO. The van der Waals surface area contributed by atoms with Crippen molar-refractivity contribution in [2.75, 3.05) is 5.73 Å². The molecule has 0 atom stereocenters. The van der Waals surface area contributed by atoms with Crippen molar-refractivity contribution in [3.8, 4) is 0 Å². The Morgan fingerprint density at radius 1 is 1.17 bits per heavy atom.